The molecule has 0 fully saturated rings. The average Bonchev–Trinajstić information content (AvgIpc) is 3.29. The molecule has 0 bridgehead atoms. The molecule has 1 aliphatic carbocycles. The van der Waals surface area contributed by atoms with Crippen molar-refractivity contribution in [3.05, 3.63) is 81.2 Å². The van der Waals surface area contributed by atoms with Crippen LogP contribution in [0.5, 0.6) is 0 Å². The third kappa shape index (κ3) is 3.73. The fourth-order valence-electron chi connectivity index (χ4n) is 3.78. The molecular formula is C23H19ClFN3OS. The van der Waals surface area contributed by atoms with Crippen molar-refractivity contribution in [1.82, 2.24) is 9.38 Å². The number of benzene rings is 2. The van der Waals surface area contributed by atoms with E-state index in [0.717, 1.165) is 40.3 Å². The predicted octanol–water partition coefficient (Wildman–Crippen LogP) is 6.28. The maximum Gasteiger partial charge on any atom is 0.195 e. The number of hydrogen-bond donors (Lipinski definition) is 0. The quantitative estimate of drug-likeness (QED) is 0.271. The van der Waals surface area contributed by atoms with E-state index in [1.54, 1.807) is 29.7 Å². The number of imidazole rings is 1. The largest absolute Gasteiger partial charge is 0.391 e. The summed E-state index contributed by atoms with van der Waals surface area (Å²) in [6, 6.07) is 13.9. The fraction of sp³-hybridized carbons (Fsp3) is 0.217. The van der Waals surface area contributed by atoms with E-state index >= 15 is 0 Å². The Hall–Kier alpha value is -2.70. The van der Waals surface area contributed by atoms with E-state index in [-0.39, 0.29) is 12.4 Å². The van der Waals surface area contributed by atoms with E-state index in [4.69, 9.17) is 21.4 Å². The molecule has 0 unspecified atom stereocenters. The summed E-state index contributed by atoms with van der Waals surface area (Å²) >= 11 is 7.83. The number of nitrogens with zero attached hydrogens (tertiary/aromatic N) is 3. The highest BCUT2D eigenvalue weighted by Gasteiger charge is 2.22. The van der Waals surface area contributed by atoms with Gasteiger partial charge in [0.15, 0.2) is 4.96 Å². The van der Waals surface area contributed by atoms with E-state index in [9.17, 15) is 4.39 Å². The zero-order chi connectivity index (χ0) is 20.5. The summed E-state index contributed by atoms with van der Waals surface area (Å²) in [5, 5.41) is 4.90. The maximum atomic E-state index is 13.1. The molecule has 0 atom stereocenters. The SMILES string of the molecule is Fc1ccc(CO/N=C\c2c(-c3ccc(Cl)cc3)nc3sc4c(n23)CCCC4)cc1. The predicted molar refractivity (Wildman–Crippen MR) is 119 cm³/mol. The van der Waals surface area contributed by atoms with Crippen molar-refractivity contribution < 1.29 is 9.23 Å². The Labute approximate surface area is 182 Å². The molecule has 0 saturated heterocycles. The Morgan fingerprint density at radius 2 is 1.87 bits per heavy atom. The van der Waals surface area contributed by atoms with Gasteiger partial charge in [-0.25, -0.2) is 9.37 Å². The number of fused-ring (bicyclic) bond motifs is 3. The molecule has 2 aromatic carbocycles. The van der Waals surface area contributed by atoms with E-state index in [2.05, 4.69) is 9.56 Å². The van der Waals surface area contributed by atoms with Gasteiger partial charge in [-0.15, -0.1) is 11.3 Å². The van der Waals surface area contributed by atoms with Gasteiger partial charge >= 0.3 is 0 Å². The Morgan fingerprint density at radius 3 is 2.67 bits per heavy atom. The second-order valence-electron chi connectivity index (χ2n) is 7.28. The Bertz CT molecular complexity index is 1210. The van der Waals surface area contributed by atoms with Gasteiger partial charge in [-0.2, -0.15) is 0 Å². The van der Waals surface area contributed by atoms with Crippen molar-refractivity contribution in [3.8, 4) is 11.3 Å². The third-order valence-electron chi connectivity index (χ3n) is 5.27. The summed E-state index contributed by atoms with van der Waals surface area (Å²) in [5.41, 5.74) is 4.94. The average molecular weight is 440 g/mol. The molecule has 0 aliphatic heterocycles. The molecule has 0 radical (unpaired) electrons. The van der Waals surface area contributed by atoms with Crippen molar-refractivity contribution in [2.24, 2.45) is 5.16 Å². The van der Waals surface area contributed by atoms with Gasteiger partial charge < -0.3 is 4.84 Å². The fourth-order valence-corrected chi connectivity index (χ4v) is 5.12. The molecule has 2 aromatic heterocycles. The first kappa shape index (κ1) is 19.3. The molecule has 5 rings (SSSR count). The summed E-state index contributed by atoms with van der Waals surface area (Å²) in [6.45, 7) is 0.275. The van der Waals surface area contributed by atoms with Crippen LogP contribution in [0.2, 0.25) is 5.02 Å². The number of aryl methyl sites for hydroxylation is 2. The first-order valence-electron chi connectivity index (χ1n) is 9.88. The summed E-state index contributed by atoms with van der Waals surface area (Å²) in [4.78, 5) is 12.8. The molecule has 152 valence electrons. The minimum absolute atomic E-state index is 0.265. The lowest BCUT2D eigenvalue weighted by Crippen LogP contribution is -2.05. The van der Waals surface area contributed by atoms with Crippen LogP contribution in [0.3, 0.4) is 0 Å². The second-order valence-corrected chi connectivity index (χ2v) is 8.78. The molecule has 2 heterocycles. The van der Waals surface area contributed by atoms with Crippen LogP contribution < -0.4 is 0 Å². The van der Waals surface area contributed by atoms with Crippen LogP contribution in [-0.4, -0.2) is 15.6 Å². The number of aromatic nitrogens is 2. The number of halogens is 2. The summed E-state index contributed by atoms with van der Waals surface area (Å²) in [5.74, 6) is -0.265. The van der Waals surface area contributed by atoms with Crippen LogP contribution in [0.4, 0.5) is 4.39 Å². The van der Waals surface area contributed by atoms with Crippen molar-refractivity contribution in [2.45, 2.75) is 32.3 Å². The molecule has 0 amide bonds. The van der Waals surface area contributed by atoms with Crippen LogP contribution >= 0.6 is 22.9 Å². The molecule has 1 aliphatic rings. The van der Waals surface area contributed by atoms with Gasteiger partial charge in [0.05, 0.1) is 17.6 Å². The van der Waals surface area contributed by atoms with Gasteiger partial charge in [0.1, 0.15) is 12.4 Å². The Balaban J connectivity index is 1.50. The lowest BCUT2D eigenvalue weighted by Gasteiger charge is -2.11. The molecule has 0 N–H and O–H groups in total. The van der Waals surface area contributed by atoms with Crippen LogP contribution in [-0.2, 0) is 24.3 Å². The lowest BCUT2D eigenvalue weighted by atomic mass is 10.0. The zero-order valence-corrected chi connectivity index (χ0v) is 17.7. The summed E-state index contributed by atoms with van der Waals surface area (Å²) in [7, 11) is 0. The highest BCUT2D eigenvalue weighted by atomic mass is 35.5. The van der Waals surface area contributed by atoms with Crippen molar-refractivity contribution in [1.29, 1.82) is 0 Å². The number of oxime groups is 1. The topological polar surface area (TPSA) is 38.9 Å². The highest BCUT2D eigenvalue weighted by molar-refractivity contribution is 7.17. The molecule has 0 saturated carbocycles. The number of rotatable bonds is 5. The summed E-state index contributed by atoms with van der Waals surface area (Å²) < 4.78 is 15.3. The molecule has 7 heteroatoms. The van der Waals surface area contributed by atoms with Crippen LogP contribution in [0, 0.1) is 5.82 Å². The smallest absolute Gasteiger partial charge is 0.195 e. The van der Waals surface area contributed by atoms with Crippen LogP contribution in [0.1, 0.15) is 34.7 Å². The van der Waals surface area contributed by atoms with E-state index in [0.29, 0.717) is 5.02 Å². The van der Waals surface area contributed by atoms with Crippen LogP contribution in [0.15, 0.2) is 53.7 Å². The monoisotopic (exact) mass is 439 g/mol. The Morgan fingerprint density at radius 1 is 1.10 bits per heavy atom. The van der Waals surface area contributed by atoms with Gasteiger partial charge in [-0.1, -0.05) is 41.0 Å². The van der Waals surface area contributed by atoms with E-state index in [1.165, 1.54) is 35.5 Å². The molecule has 4 nitrogen and oxygen atoms in total. The second kappa shape index (κ2) is 8.20. The highest BCUT2D eigenvalue weighted by Crippen LogP contribution is 2.34. The van der Waals surface area contributed by atoms with Crippen molar-refractivity contribution in [3.63, 3.8) is 0 Å². The van der Waals surface area contributed by atoms with Gasteiger partial charge in [0.25, 0.3) is 0 Å². The van der Waals surface area contributed by atoms with Crippen molar-refractivity contribution >= 4 is 34.1 Å². The van der Waals surface area contributed by atoms with Gasteiger partial charge in [0, 0.05) is 21.2 Å². The minimum Gasteiger partial charge on any atom is -0.391 e. The Kier molecular flexibility index (Phi) is 5.27. The first-order valence-corrected chi connectivity index (χ1v) is 11.1. The van der Waals surface area contributed by atoms with E-state index < -0.39 is 0 Å². The van der Waals surface area contributed by atoms with Gasteiger partial charge in [-0.3, -0.25) is 4.40 Å². The normalized spacial score (nSPS) is 13.8. The molecule has 30 heavy (non-hydrogen) atoms. The van der Waals surface area contributed by atoms with Crippen molar-refractivity contribution in [2.75, 3.05) is 0 Å². The van der Waals surface area contributed by atoms with E-state index in [1.807, 2.05) is 24.3 Å². The lowest BCUT2D eigenvalue weighted by molar-refractivity contribution is 0.132. The summed E-state index contributed by atoms with van der Waals surface area (Å²) in [6.07, 6.45) is 6.30. The standard InChI is InChI=1S/C23H19ClFN3OS/c24-17-9-7-16(8-10-17)22-20(13-26-29-14-15-5-11-18(25)12-6-15)28-19-3-1-2-4-21(19)30-23(28)27-22/h5-13H,1-4,14H2/b26-13-. The zero-order valence-electron chi connectivity index (χ0n) is 16.1. The molecule has 0 spiro atoms. The minimum atomic E-state index is -0.265. The first-order chi connectivity index (χ1) is 14.7. The number of thiazole rings is 1. The van der Waals surface area contributed by atoms with Crippen LogP contribution in [0.25, 0.3) is 16.2 Å². The van der Waals surface area contributed by atoms with Gasteiger partial charge in [0.2, 0.25) is 0 Å². The molecule has 4 aromatic rings. The maximum absolute atomic E-state index is 13.1. The third-order valence-corrected chi connectivity index (χ3v) is 6.66. The van der Waals surface area contributed by atoms with Gasteiger partial charge in [-0.05, 0) is 55.5 Å². The number of hydrogen-bond acceptors (Lipinski definition) is 4. The molecular weight excluding hydrogens is 421 g/mol.